The topological polar surface area (TPSA) is 72.8 Å². The van der Waals surface area contributed by atoms with Gasteiger partial charge in [0.05, 0.1) is 13.2 Å². The fourth-order valence-corrected chi connectivity index (χ4v) is 1.43. The van der Waals surface area contributed by atoms with Crippen LogP contribution in [-0.4, -0.2) is 26.7 Å². The van der Waals surface area contributed by atoms with E-state index in [2.05, 4.69) is 8.37 Å². The van der Waals surface area contributed by atoms with Gasteiger partial charge in [-0.05, 0) is 11.6 Å². The van der Waals surface area contributed by atoms with Crippen LogP contribution in [0.1, 0.15) is 6.99 Å². The Hall–Kier alpha value is -0.370. The Morgan fingerprint density at radius 1 is 1.29 bits per heavy atom. The average Bonchev–Trinajstić information content (AvgIpc) is 2.28. The molecule has 90 valence electrons. The third-order valence-corrected chi connectivity index (χ3v) is 2.35. The first kappa shape index (κ1) is 16.6. The quantitative estimate of drug-likeness (QED) is 0.479. The van der Waals surface area contributed by atoms with Crippen LogP contribution in [0.3, 0.4) is 0 Å². The van der Waals surface area contributed by atoms with Crippen LogP contribution in [0.2, 0.25) is 0 Å². The largest absolute Gasteiger partial charge is 1.00 e. The van der Waals surface area contributed by atoms with Crippen LogP contribution in [0.4, 0.5) is 0 Å². The molecule has 0 amide bonds. The second-order valence-corrected chi connectivity index (χ2v) is 4.01. The third-order valence-electron chi connectivity index (χ3n) is 1.55. The molecule has 0 spiro atoms. The van der Waals surface area contributed by atoms with E-state index in [1.165, 1.54) is 6.08 Å². The van der Waals surface area contributed by atoms with Gasteiger partial charge in [-0.2, -0.15) is 8.42 Å². The van der Waals surface area contributed by atoms with E-state index in [1.807, 2.05) is 18.2 Å². The van der Waals surface area contributed by atoms with Gasteiger partial charge in [0.1, 0.15) is 6.26 Å². The normalized spacial score (nSPS) is 11.1. The van der Waals surface area contributed by atoms with Crippen molar-refractivity contribution in [3.05, 3.63) is 42.2 Å². The van der Waals surface area contributed by atoms with Crippen molar-refractivity contribution in [2.45, 2.75) is 0 Å². The molecule has 17 heavy (non-hydrogen) atoms. The first-order valence-electron chi connectivity index (χ1n) is 4.54. The maximum atomic E-state index is 11.0. The standard InChI is InChI=1S/C10H12O5S.Na.H/c11-7-9-15-16(12,13)14-8-6-10-4-2-1-3-5-10;;/h1-6,8,11H,7,9H2;;/q;+1;-1. The minimum Gasteiger partial charge on any atom is -1.00 e. The smallest absolute Gasteiger partial charge is 1.00 e. The molecule has 1 N–H and O–H groups in total. The molecule has 0 aliphatic rings. The number of aliphatic hydroxyl groups excluding tert-OH is 1. The summed E-state index contributed by atoms with van der Waals surface area (Å²) < 4.78 is 30.6. The van der Waals surface area contributed by atoms with E-state index in [1.54, 1.807) is 12.1 Å². The van der Waals surface area contributed by atoms with Crippen molar-refractivity contribution in [3.63, 3.8) is 0 Å². The SMILES string of the molecule is O=S(=O)(OC=Cc1ccccc1)OCCO.[H-].[Na+]. The van der Waals surface area contributed by atoms with Crippen molar-refractivity contribution in [2.75, 3.05) is 13.2 Å². The molecule has 1 aromatic carbocycles. The summed E-state index contributed by atoms with van der Waals surface area (Å²) in [6.07, 6.45) is 2.50. The van der Waals surface area contributed by atoms with Gasteiger partial charge in [-0.25, -0.2) is 4.18 Å². The second kappa shape index (κ2) is 8.68. The van der Waals surface area contributed by atoms with Crippen molar-refractivity contribution in [2.24, 2.45) is 0 Å². The van der Waals surface area contributed by atoms with Crippen LogP contribution in [0.5, 0.6) is 0 Å². The molecule has 1 aromatic rings. The molecule has 0 saturated heterocycles. The molecule has 0 fully saturated rings. The minimum absolute atomic E-state index is 0. The molecule has 0 unspecified atom stereocenters. The maximum Gasteiger partial charge on any atom is 1.00 e. The number of benzene rings is 1. The van der Waals surface area contributed by atoms with Crippen molar-refractivity contribution < 1.29 is 52.9 Å². The molecule has 0 bridgehead atoms. The van der Waals surface area contributed by atoms with Crippen LogP contribution in [0.15, 0.2) is 36.6 Å². The molecule has 0 aliphatic heterocycles. The van der Waals surface area contributed by atoms with E-state index in [0.717, 1.165) is 11.8 Å². The summed E-state index contributed by atoms with van der Waals surface area (Å²) in [6, 6.07) is 9.06. The Labute approximate surface area is 124 Å². The van der Waals surface area contributed by atoms with E-state index in [-0.39, 0.29) is 44.2 Å². The Morgan fingerprint density at radius 2 is 1.94 bits per heavy atom. The Balaban J connectivity index is 0. The predicted molar refractivity (Wildman–Crippen MR) is 59.6 cm³/mol. The zero-order chi connectivity index (χ0) is 11.9. The van der Waals surface area contributed by atoms with Gasteiger partial charge in [0, 0.05) is 0 Å². The van der Waals surface area contributed by atoms with Gasteiger partial charge in [0.25, 0.3) is 0 Å². The van der Waals surface area contributed by atoms with Gasteiger partial charge in [0.15, 0.2) is 0 Å². The molecular weight excluding hydrogens is 255 g/mol. The molecule has 5 nitrogen and oxygen atoms in total. The number of rotatable bonds is 6. The Bertz CT molecular complexity index is 435. The predicted octanol–water partition coefficient (Wildman–Crippen LogP) is -1.96. The summed E-state index contributed by atoms with van der Waals surface area (Å²) in [5, 5.41) is 8.37. The zero-order valence-electron chi connectivity index (χ0n) is 10.4. The minimum atomic E-state index is -4.06. The van der Waals surface area contributed by atoms with Crippen LogP contribution >= 0.6 is 0 Å². The maximum absolute atomic E-state index is 11.0. The van der Waals surface area contributed by atoms with Crippen LogP contribution in [-0.2, 0) is 18.8 Å². The monoisotopic (exact) mass is 268 g/mol. The van der Waals surface area contributed by atoms with Gasteiger partial charge in [-0.1, -0.05) is 30.3 Å². The van der Waals surface area contributed by atoms with Crippen molar-refractivity contribution >= 4 is 16.5 Å². The van der Waals surface area contributed by atoms with Crippen molar-refractivity contribution in [3.8, 4) is 0 Å². The molecule has 0 aliphatic carbocycles. The average molecular weight is 268 g/mol. The first-order valence-corrected chi connectivity index (χ1v) is 5.87. The second-order valence-electron chi connectivity index (χ2n) is 2.76. The molecular formula is C10H13NaO5S. The molecule has 0 saturated carbocycles. The van der Waals surface area contributed by atoms with Gasteiger partial charge < -0.3 is 10.7 Å². The Morgan fingerprint density at radius 3 is 2.53 bits per heavy atom. The van der Waals surface area contributed by atoms with Crippen LogP contribution in [0, 0.1) is 0 Å². The summed E-state index contributed by atoms with van der Waals surface area (Å²) in [6.45, 7) is -0.702. The summed E-state index contributed by atoms with van der Waals surface area (Å²) in [5.74, 6) is 0. The zero-order valence-corrected chi connectivity index (χ0v) is 12.3. The molecule has 0 heterocycles. The van der Waals surface area contributed by atoms with Crippen molar-refractivity contribution in [1.29, 1.82) is 0 Å². The Kier molecular flexibility index (Phi) is 8.49. The number of hydrogen-bond donors (Lipinski definition) is 1. The van der Waals surface area contributed by atoms with Gasteiger partial charge in [-0.15, -0.1) is 0 Å². The molecule has 0 atom stereocenters. The summed E-state index contributed by atoms with van der Waals surface area (Å²) in [4.78, 5) is 0. The summed E-state index contributed by atoms with van der Waals surface area (Å²) in [7, 11) is -4.06. The van der Waals surface area contributed by atoms with E-state index >= 15 is 0 Å². The number of aliphatic hydroxyl groups is 1. The third kappa shape index (κ3) is 7.54. The van der Waals surface area contributed by atoms with E-state index < -0.39 is 10.4 Å². The summed E-state index contributed by atoms with van der Waals surface area (Å²) >= 11 is 0. The fraction of sp³-hybridized carbons (Fsp3) is 0.200. The van der Waals surface area contributed by atoms with E-state index in [9.17, 15) is 8.42 Å². The van der Waals surface area contributed by atoms with Gasteiger partial charge in [0.2, 0.25) is 0 Å². The van der Waals surface area contributed by atoms with Crippen molar-refractivity contribution in [1.82, 2.24) is 0 Å². The number of hydrogen-bond acceptors (Lipinski definition) is 5. The van der Waals surface area contributed by atoms with Gasteiger partial charge in [-0.3, -0.25) is 0 Å². The summed E-state index contributed by atoms with van der Waals surface area (Å²) in [5.41, 5.74) is 0.805. The van der Waals surface area contributed by atoms with Crippen LogP contribution in [0.25, 0.3) is 6.08 Å². The molecule has 0 aromatic heterocycles. The molecule has 0 radical (unpaired) electrons. The fourth-order valence-electron chi connectivity index (χ4n) is 0.906. The van der Waals surface area contributed by atoms with Crippen LogP contribution < -0.4 is 29.6 Å². The molecule has 7 heteroatoms. The first-order chi connectivity index (χ1) is 7.64. The molecule has 1 rings (SSSR count). The van der Waals surface area contributed by atoms with E-state index in [4.69, 9.17) is 5.11 Å². The van der Waals surface area contributed by atoms with E-state index in [0.29, 0.717) is 0 Å². The van der Waals surface area contributed by atoms with Gasteiger partial charge >= 0.3 is 40.0 Å².